The third kappa shape index (κ3) is 3.62. The molecule has 14 heavy (non-hydrogen) atoms. The molecule has 3 heteroatoms. The minimum atomic E-state index is 0.676. The van der Waals surface area contributed by atoms with Crippen LogP contribution >= 0.6 is 11.6 Å². The molecule has 0 aliphatic rings. The van der Waals surface area contributed by atoms with Crippen LogP contribution in [0.15, 0.2) is 48.5 Å². The highest BCUT2D eigenvalue weighted by molar-refractivity contribution is 6.25. The van der Waals surface area contributed by atoms with Crippen molar-refractivity contribution in [2.75, 3.05) is 0 Å². The predicted molar refractivity (Wildman–Crippen MR) is 57.1 cm³/mol. The summed E-state index contributed by atoms with van der Waals surface area (Å²) < 4.78 is 1.99. The van der Waals surface area contributed by atoms with Gasteiger partial charge in [0.2, 0.25) is 0 Å². The first-order chi connectivity index (χ1) is 6.86. The number of aliphatic hydroxyl groups excluding tert-OH is 1. The van der Waals surface area contributed by atoms with Crippen molar-refractivity contribution in [1.82, 2.24) is 0 Å². The van der Waals surface area contributed by atoms with Crippen molar-refractivity contribution >= 4 is 11.6 Å². The molecule has 0 fully saturated rings. The average Bonchev–Trinajstić information content (AvgIpc) is 2.24. The van der Waals surface area contributed by atoms with E-state index in [1.807, 2.05) is 35.2 Å². The van der Waals surface area contributed by atoms with Crippen LogP contribution in [-0.2, 0) is 13.0 Å². The lowest BCUT2D eigenvalue weighted by Crippen LogP contribution is -2.32. The Morgan fingerprint density at radius 1 is 1.43 bits per heavy atom. The molecule has 0 aliphatic carbocycles. The molecule has 0 amide bonds. The molecule has 1 rings (SSSR count). The van der Waals surface area contributed by atoms with Crippen LogP contribution in [0.3, 0.4) is 0 Å². The Hall–Kier alpha value is -1.28. The van der Waals surface area contributed by atoms with Crippen LogP contribution < -0.4 is 4.57 Å². The summed E-state index contributed by atoms with van der Waals surface area (Å²) in [6.07, 6.45) is 9.43. The summed E-state index contributed by atoms with van der Waals surface area (Å²) in [5.74, 6) is 0. The summed E-state index contributed by atoms with van der Waals surface area (Å²) in [6, 6.07) is 4.01. The van der Waals surface area contributed by atoms with E-state index >= 15 is 0 Å². The molecule has 1 heterocycles. The standard InChI is InChI=1S/C11H12ClNO/c12-6-1-4-11-5-2-7-13(10-11)8-3-9-14/h1-3,5-7,9-10H,4,8H2/p+1. The number of allylic oxidation sites excluding steroid dienone is 2. The third-order valence-corrected chi connectivity index (χ3v) is 1.96. The highest BCUT2D eigenvalue weighted by atomic mass is 35.5. The molecule has 0 saturated carbocycles. The number of hydrogen-bond acceptors (Lipinski definition) is 1. The van der Waals surface area contributed by atoms with Crippen molar-refractivity contribution in [3.8, 4) is 0 Å². The maximum Gasteiger partial charge on any atom is 0.172 e. The summed E-state index contributed by atoms with van der Waals surface area (Å²) in [5, 5.41) is 8.52. The molecule has 2 nitrogen and oxygen atoms in total. The molecule has 1 aromatic heterocycles. The van der Waals surface area contributed by atoms with Crippen LogP contribution in [0.1, 0.15) is 5.56 Å². The first-order valence-electron chi connectivity index (χ1n) is 4.39. The Balaban J connectivity index is 2.68. The largest absolute Gasteiger partial charge is 0.516 e. The predicted octanol–water partition coefficient (Wildman–Crippen LogP) is 2.34. The van der Waals surface area contributed by atoms with Crippen LogP contribution in [-0.4, -0.2) is 5.11 Å². The molecule has 1 N–H and O–H groups in total. The normalized spacial score (nSPS) is 11.5. The van der Waals surface area contributed by atoms with Gasteiger partial charge in [0, 0.05) is 23.2 Å². The molecule has 0 spiro atoms. The summed E-state index contributed by atoms with van der Waals surface area (Å²) in [5.41, 5.74) is 2.71. The Bertz CT molecular complexity index is 305. The number of pyridine rings is 1. The summed E-state index contributed by atoms with van der Waals surface area (Å²) >= 11 is 5.44. The molecule has 74 valence electrons. The second-order valence-corrected chi connectivity index (χ2v) is 3.11. The molecule has 1 aromatic rings. The minimum Gasteiger partial charge on any atom is -0.516 e. The molecular formula is C11H13ClNO+. The van der Waals surface area contributed by atoms with Gasteiger partial charge in [-0.25, -0.2) is 4.57 Å². The van der Waals surface area contributed by atoms with Gasteiger partial charge in [0.05, 0.1) is 6.26 Å². The number of aromatic nitrogens is 1. The minimum absolute atomic E-state index is 0.676. The van der Waals surface area contributed by atoms with Crippen molar-refractivity contribution in [2.24, 2.45) is 0 Å². The highest BCUT2D eigenvalue weighted by Crippen LogP contribution is 1.97. The monoisotopic (exact) mass is 210 g/mol. The van der Waals surface area contributed by atoms with Crippen LogP contribution in [0, 0.1) is 0 Å². The van der Waals surface area contributed by atoms with Gasteiger partial charge in [-0.15, -0.1) is 0 Å². The smallest absolute Gasteiger partial charge is 0.172 e. The van der Waals surface area contributed by atoms with Crippen LogP contribution in [0.25, 0.3) is 0 Å². The number of halogens is 1. The van der Waals surface area contributed by atoms with Gasteiger partial charge >= 0.3 is 0 Å². The van der Waals surface area contributed by atoms with E-state index in [0.717, 1.165) is 12.7 Å². The van der Waals surface area contributed by atoms with Gasteiger partial charge in [-0.2, -0.15) is 0 Å². The van der Waals surface area contributed by atoms with Crippen LogP contribution in [0.5, 0.6) is 0 Å². The molecule has 0 radical (unpaired) electrons. The fraction of sp³-hybridized carbons (Fsp3) is 0.182. The molecule has 0 atom stereocenters. The topological polar surface area (TPSA) is 24.1 Å². The summed E-state index contributed by atoms with van der Waals surface area (Å²) in [4.78, 5) is 0. The second kappa shape index (κ2) is 6.22. The van der Waals surface area contributed by atoms with Gasteiger partial charge in [0.1, 0.15) is 0 Å². The number of aliphatic hydroxyl groups is 1. The highest BCUT2D eigenvalue weighted by Gasteiger charge is 1.98. The SMILES string of the molecule is OC=CC[n+]1cccc(CC=CCl)c1. The van der Waals surface area contributed by atoms with E-state index in [4.69, 9.17) is 16.7 Å². The first-order valence-corrected chi connectivity index (χ1v) is 4.83. The van der Waals surface area contributed by atoms with E-state index in [1.165, 1.54) is 11.1 Å². The summed E-state index contributed by atoms with van der Waals surface area (Å²) in [7, 11) is 0. The second-order valence-electron chi connectivity index (χ2n) is 2.86. The van der Waals surface area contributed by atoms with Gasteiger partial charge < -0.3 is 5.11 Å². The quantitative estimate of drug-likeness (QED) is 0.599. The van der Waals surface area contributed by atoms with Crippen molar-refractivity contribution < 1.29 is 9.67 Å². The number of rotatable bonds is 4. The van der Waals surface area contributed by atoms with E-state index in [0.29, 0.717) is 6.54 Å². The fourth-order valence-corrected chi connectivity index (χ4v) is 1.25. The van der Waals surface area contributed by atoms with Gasteiger partial charge in [-0.1, -0.05) is 17.7 Å². The first kappa shape index (κ1) is 10.8. The molecule has 0 aliphatic heterocycles. The number of hydrogen-bond donors (Lipinski definition) is 1. The van der Waals surface area contributed by atoms with Crippen molar-refractivity contribution in [1.29, 1.82) is 0 Å². The maximum atomic E-state index is 8.52. The molecule has 0 saturated heterocycles. The lowest BCUT2D eigenvalue weighted by atomic mass is 10.2. The molecule has 0 bridgehead atoms. The average molecular weight is 211 g/mol. The zero-order valence-electron chi connectivity index (χ0n) is 7.81. The zero-order chi connectivity index (χ0) is 10.2. The van der Waals surface area contributed by atoms with Crippen molar-refractivity contribution in [3.63, 3.8) is 0 Å². The lowest BCUT2D eigenvalue weighted by Gasteiger charge is -1.95. The Labute approximate surface area is 88.8 Å². The molecule has 0 aromatic carbocycles. The van der Waals surface area contributed by atoms with E-state index in [9.17, 15) is 0 Å². The maximum absolute atomic E-state index is 8.52. The van der Waals surface area contributed by atoms with Gasteiger partial charge in [-0.05, 0) is 12.5 Å². The Morgan fingerprint density at radius 2 is 2.29 bits per heavy atom. The van der Waals surface area contributed by atoms with E-state index in [2.05, 4.69) is 0 Å². The zero-order valence-corrected chi connectivity index (χ0v) is 8.56. The number of nitrogens with zero attached hydrogens (tertiary/aromatic N) is 1. The lowest BCUT2D eigenvalue weighted by molar-refractivity contribution is -0.687. The van der Waals surface area contributed by atoms with Crippen LogP contribution in [0.2, 0.25) is 0 Å². The molecule has 0 unspecified atom stereocenters. The van der Waals surface area contributed by atoms with Gasteiger partial charge in [0.15, 0.2) is 18.9 Å². The third-order valence-electron chi connectivity index (χ3n) is 1.78. The van der Waals surface area contributed by atoms with E-state index in [-0.39, 0.29) is 0 Å². The summed E-state index contributed by atoms with van der Waals surface area (Å²) in [6.45, 7) is 0.676. The van der Waals surface area contributed by atoms with E-state index < -0.39 is 0 Å². The Kier molecular flexibility index (Phi) is 4.79. The Morgan fingerprint density at radius 3 is 3.00 bits per heavy atom. The van der Waals surface area contributed by atoms with Gasteiger partial charge in [-0.3, -0.25) is 0 Å². The van der Waals surface area contributed by atoms with Crippen LogP contribution in [0.4, 0.5) is 0 Å². The van der Waals surface area contributed by atoms with Crippen molar-refractivity contribution in [2.45, 2.75) is 13.0 Å². The fourth-order valence-electron chi connectivity index (χ4n) is 1.16. The van der Waals surface area contributed by atoms with Crippen molar-refractivity contribution in [3.05, 3.63) is 54.0 Å². The van der Waals surface area contributed by atoms with Gasteiger partial charge in [0.25, 0.3) is 0 Å². The van der Waals surface area contributed by atoms with E-state index in [1.54, 1.807) is 6.08 Å². The molecular weight excluding hydrogens is 198 g/mol.